The van der Waals surface area contributed by atoms with Crippen molar-refractivity contribution in [3.05, 3.63) is 60.0 Å². The minimum absolute atomic E-state index is 0.366. The minimum atomic E-state index is 0.366. The van der Waals surface area contributed by atoms with Gasteiger partial charge in [0.25, 0.3) is 0 Å². The monoisotopic (exact) mass is 255 g/mol. The van der Waals surface area contributed by atoms with Crippen LogP contribution in [0.5, 0.6) is 0 Å². The molecular weight excluding hydrogens is 246 g/mol. The third-order valence-electron chi connectivity index (χ3n) is 2.70. The maximum Gasteiger partial charge on any atom is 0.171 e. The van der Waals surface area contributed by atoms with Gasteiger partial charge < -0.3 is 5.32 Å². The zero-order valence-electron chi connectivity index (χ0n) is 9.47. The highest BCUT2D eigenvalue weighted by Crippen LogP contribution is 2.27. The molecule has 3 nitrogen and oxygen atoms in total. The standard InChI is InChI=1S/C14H10ClN3/c15-13-14(17-9-8-16-13)18-12-7-3-5-10-4-1-2-6-11(10)12/h1-9H,(H,17,18). The van der Waals surface area contributed by atoms with Gasteiger partial charge in [0.05, 0.1) is 0 Å². The first-order valence-electron chi connectivity index (χ1n) is 5.56. The third kappa shape index (κ3) is 2.00. The van der Waals surface area contributed by atoms with Crippen LogP contribution in [0.4, 0.5) is 11.5 Å². The number of hydrogen-bond donors (Lipinski definition) is 1. The van der Waals surface area contributed by atoms with Crippen LogP contribution in [0.2, 0.25) is 5.15 Å². The number of nitrogens with one attached hydrogen (secondary N) is 1. The second-order valence-corrected chi connectivity index (χ2v) is 4.21. The van der Waals surface area contributed by atoms with E-state index in [1.54, 1.807) is 12.4 Å². The number of hydrogen-bond acceptors (Lipinski definition) is 3. The number of anilines is 2. The van der Waals surface area contributed by atoms with E-state index >= 15 is 0 Å². The lowest BCUT2D eigenvalue weighted by molar-refractivity contribution is 1.20. The van der Waals surface area contributed by atoms with Gasteiger partial charge in [-0.15, -0.1) is 0 Å². The molecule has 2 aromatic carbocycles. The van der Waals surface area contributed by atoms with E-state index in [0.717, 1.165) is 11.1 Å². The summed E-state index contributed by atoms with van der Waals surface area (Å²) in [6, 6.07) is 14.2. The van der Waals surface area contributed by atoms with Gasteiger partial charge >= 0.3 is 0 Å². The summed E-state index contributed by atoms with van der Waals surface area (Å²) in [5.41, 5.74) is 0.968. The molecule has 1 heterocycles. The molecule has 88 valence electrons. The fraction of sp³-hybridized carbons (Fsp3) is 0. The van der Waals surface area contributed by atoms with Gasteiger partial charge in [-0.2, -0.15) is 0 Å². The summed E-state index contributed by atoms with van der Waals surface area (Å²) in [6.07, 6.45) is 3.18. The van der Waals surface area contributed by atoms with E-state index < -0.39 is 0 Å². The molecule has 1 N–H and O–H groups in total. The fourth-order valence-electron chi connectivity index (χ4n) is 1.87. The molecule has 0 spiro atoms. The number of benzene rings is 2. The second kappa shape index (κ2) is 4.63. The molecule has 0 aliphatic heterocycles. The normalized spacial score (nSPS) is 10.5. The number of rotatable bonds is 2. The lowest BCUT2D eigenvalue weighted by Gasteiger charge is -2.09. The highest BCUT2D eigenvalue weighted by atomic mass is 35.5. The Bertz CT molecular complexity index is 692. The molecule has 0 fully saturated rings. The maximum atomic E-state index is 5.99. The van der Waals surface area contributed by atoms with Crippen LogP contribution in [0, 0.1) is 0 Å². The van der Waals surface area contributed by atoms with Crippen molar-refractivity contribution in [3.8, 4) is 0 Å². The SMILES string of the molecule is Clc1nccnc1Nc1cccc2ccccc12. The summed E-state index contributed by atoms with van der Waals surface area (Å²) in [4.78, 5) is 8.17. The molecule has 0 saturated carbocycles. The molecule has 3 rings (SSSR count). The van der Waals surface area contributed by atoms with E-state index in [1.807, 2.05) is 24.3 Å². The Hall–Kier alpha value is -2.13. The molecule has 0 atom stereocenters. The number of fused-ring (bicyclic) bond motifs is 1. The Morgan fingerprint density at radius 1 is 0.889 bits per heavy atom. The zero-order valence-corrected chi connectivity index (χ0v) is 10.2. The number of aromatic nitrogens is 2. The number of nitrogens with zero attached hydrogens (tertiary/aromatic N) is 2. The van der Waals surface area contributed by atoms with Gasteiger partial charge in [-0.1, -0.05) is 48.0 Å². The Morgan fingerprint density at radius 2 is 1.67 bits per heavy atom. The van der Waals surface area contributed by atoms with Gasteiger partial charge in [0, 0.05) is 23.5 Å². The van der Waals surface area contributed by atoms with Crippen molar-refractivity contribution in [2.75, 3.05) is 5.32 Å². The van der Waals surface area contributed by atoms with Crippen molar-refractivity contribution >= 4 is 33.9 Å². The molecule has 0 amide bonds. The molecule has 0 unspecified atom stereocenters. The van der Waals surface area contributed by atoms with E-state index in [0.29, 0.717) is 11.0 Å². The van der Waals surface area contributed by atoms with Crippen LogP contribution in [0.1, 0.15) is 0 Å². The van der Waals surface area contributed by atoms with Crippen molar-refractivity contribution in [1.82, 2.24) is 9.97 Å². The molecule has 18 heavy (non-hydrogen) atoms. The van der Waals surface area contributed by atoms with Crippen LogP contribution >= 0.6 is 11.6 Å². The van der Waals surface area contributed by atoms with Crippen LogP contribution < -0.4 is 5.32 Å². The quantitative estimate of drug-likeness (QED) is 0.751. The average Bonchev–Trinajstić information content (AvgIpc) is 2.42. The molecule has 0 saturated heterocycles. The lowest BCUT2D eigenvalue weighted by atomic mass is 10.1. The zero-order chi connectivity index (χ0) is 12.4. The average molecular weight is 256 g/mol. The first-order chi connectivity index (χ1) is 8.84. The van der Waals surface area contributed by atoms with Gasteiger partial charge in [-0.25, -0.2) is 9.97 Å². The summed E-state index contributed by atoms with van der Waals surface area (Å²) in [5.74, 6) is 0.565. The van der Waals surface area contributed by atoms with Gasteiger partial charge in [0.15, 0.2) is 11.0 Å². The molecule has 0 radical (unpaired) electrons. The lowest BCUT2D eigenvalue weighted by Crippen LogP contribution is -1.96. The highest BCUT2D eigenvalue weighted by molar-refractivity contribution is 6.31. The molecule has 1 aromatic heterocycles. The smallest absolute Gasteiger partial charge is 0.171 e. The summed E-state index contributed by atoms with van der Waals surface area (Å²) in [6.45, 7) is 0. The van der Waals surface area contributed by atoms with E-state index in [1.165, 1.54) is 5.39 Å². The van der Waals surface area contributed by atoms with Crippen LogP contribution in [0.3, 0.4) is 0 Å². The van der Waals surface area contributed by atoms with E-state index in [9.17, 15) is 0 Å². The number of halogens is 1. The van der Waals surface area contributed by atoms with Crippen LogP contribution in [-0.2, 0) is 0 Å². The molecular formula is C14H10ClN3. The largest absolute Gasteiger partial charge is 0.337 e. The van der Waals surface area contributed by atoms with Crippen molar-refractivity contribution in [2.45, 2.75) is 0 Å². The summed E-state index contributed by atoms with van der Waals surface area (Å²) < 4.78 is 0. The Kier molecular flexibility index (Phi) is 2.82. The minimum Gasteiger partial charge on any atom is -0.337 e. The summed E-state index contributed by atoms with van der Waals surface area (Å²) >= 11 is 5.99. The maximum absolute atomic E-state index is 5.99. The first-order valence-corrected chi connectivity index (χ1v) is 5.94. The van der Waals surface area contributed by atoms with Gasteiger partial charge in [0.1, 0.15) is 0 Å². The summed E-state index contributed by atoms with van der Waals surface area (Å²) in [5, 5.41) is 5.87. The summed E-state index contributed by atoms with van der Waals surface area (Å²) in [7, 11) is 0. The fourth-order valence-corrected chi connectivity index (χ4v) is 2.02. The molecule has 4 heteroatoms. The van der Waals surface area contributed by atoms with Gasteiger partial charge in [-0.3, -0.25) is 0 Å². The van der Waals surface area contributed by atoms with E-state index in [4.69, 9.17) is 11.6 Å². The van der Waals surface area contributed by atoms with Crippen molar-refractivity contribution in [2.24, 2.45) is 0 Å². The predicted octanol–water partition coefficient (Wildman–Crippen LogP) is 4.03. The Balaban J connectivity index is 2.08. The van der Waals surface area contributed by atoms with Crippen LogP contribution in [-0.4, -0.2) is 9.97 Å². The second-order valence-electron chi connectivity index (χ2n) is 3.85. The van der Waals surface area contributed by atoms with Crippen LogP contribution in [0.15, 0.2) is 54.9 Å². The molecule has 0 bridgehead atoms. The van der Waals surface area contributed by atoms with E-state index in [2.05, 4.69) is 33.5 Å². The Labute approximate surface area is 109 Å². The predicted molar refractivity (Wildman–Crippen MR) is 74.3 cm³/mol. The van der Waals surface area contributed by atoms with Gasteiger partial charge in [0.2, 0.25) is 0 Å². The molecule has 0 aliphatic carbocycles. The third-order valence-corrected chi connectivity index (χ3v) is 2.97. The highest BCUT2D eigenvalue weighted by Gasteiger charge is 2.04. The van der Waals surface area contributed by atoms with Gasteiger partial charge in [-0.05, 0) is 11.5 Å². The van der Waals surface area contributed by atoms with Crippen molar-refractivity contribution in [1.29, 1.82) is 0 Å². The topological polar surface area (TPSA) is 37.8 Å². The van der Waals surface area contributed by atoms with E-state index in [-0.39, 0.29) is 0 Å². The van der Waals surface area contributed by atoms with Crippen molar-refractivity contribution in [3.63, 3.8) is 0 Å². The Morgan fingerprint density at radius 3 is 2.56 bits per heavy atom. The molecule has 0 aliphatic rings. The molecule has 3 aromatic rings. The van der Waals surface area contributed by atoms with Crippen LogP contribution in [0.25, 0.3) is 10.8 Å². The first kappa shape index (κ1) is 11.0. The van der Waals surface area contributed by atoms with Crippen molar-refractivity contribution < 1.29 is 0 Å².